The van der Waals surface area contributed by atoms with Gasteiger partial charge in [-0.05, 0) is 19.1 Å². The molecule has 1 fully saturated rings. The lowest BCUT2D eigenvalue weighted by atomic mass is 9.96. The number of carboxylic acids is 1. The molecule has 7 heteroatoms. The van der Waals surface area contributed by atoms with Crippen molar-refractivity contribution in [2.45, 2.75) is 19.4 Å². The van der Waals surface area contributed by atoms with Crippen molar-refractivity contribution in [3.05, 3.63) is 47.8 Å². The van der Waals surface area contributed by atoms with Crippen LogP contribution in [0.5, 0.6) is 5.75 Å². The number of likely N-dealkylation sites (tertiary alicyclic amines) is 1. The Morgan fingerprint density at radius 1 is 1.36 bits per heavy atom. The van der Waals surface area contributed by atoms with Crippen LogP contribution in [0, 0.1) is 12.8 Å². The summed E-state index contributed by atoms with van der Waals surface area (Å²) in [6, 6.07) is 7.14. The molecule has 25 heavy (non-hydrogen) atoms. The van der Waals surface area contributed by atoms with E-state index in [0.29, 0.717) is 13.2 Å². The predicted octanol–water partition coefficient (Wildman–Crippen LogP) is 1.78. The van der Waals surface area contributed by atoms with Crippen LogP contribution >= 0.6 is 0 Å². The van der Waals surface area contributed by atoms with Gasteiger partial charge in [0.25, 0.3) is 0 Å². The van der Waals surface area contributed by atoms with Gasteiger partial charge in [-0.15, -0.1) is 0 Å². The molecule has 1 aliphatic rings. The van der Waals surface area contributed by atoms with E-state index in [9.17, 15) is 14.7 Å². The van der Waals surface area contributed by atoms with E-state index in [1.165, 1.54) is 0 Å². The van der Waals surface area contributed by atoms with Crippen molar-refractivity contribution in [1.29, 1.82) is 0 Å². The number of hydrogen-bond donors (Lipinski definition) is 1. The number of hydrogen-bond acceptors (Lipinski definition) is 4. The van der Waals surface area contributed by atoms with Crippen molar-refractivity contribution in [3.63, 3.8) is 0 Å². The summed E-state index contributed by atoms with van der Waals surface area (Å²) in [5, 5.41) is 13.6. The van der Waals surface area contributed by atoms with Crippen molar-refractivity contribution < 1.29 is 19.4 Å². The van der Waals surface area contributed by atoms with Crippen molar-refractivity contribution in [2.24, 2.45) is 13.0 Å². The topological polar surface area (TPSA) is 84.7 Å². The molecule has 0 radical (unpaired) electrons. The van der Waals surface area contributed by atoms with Crippen LogP contribution in [-0.2, 0) is 16.6 Å². The molecule has 1 saturated heterocycles. The normalized spacial score (nSPS) is 20.1. The lowest BCUT2D eigenvalue weighted by molar-refractivity contribution is -0.142. The maximum atomic E-state index is 12.3. The standard InChI is InChI=1S/C18H21N3O4/c1-12-3-5-14(6-4-12)25-8-7-21-16(22)9-15(18(23)24)17(21)13-10-19-20(2)11-13/h3-6,10-11,15,17H,7-9H2,1-2H3,(H,23,24)/t15-,17-/m0/s1. The van der Waals surface area contributed by atoms with Crippen LogP contribution in [-0.4, -0.2) is 44.8 Å². The lowest BCUT2D eigenvalue weighted by Gasteiger charge is -2.26. The highest BCUT2D eigenvalue weighted by Crippen LogP contribution is 2.37. The Morgan fingerprint density at radius 2 is 2.08 bits per heavy atom. The summed E-state index contributed by atoms with van der Waals surface area (Å²) in [6.07, 6.45) is 3.37. The summed E-state index contributed by atoms with van der Waals surface area (Å²) in [5.41, 5.74) is 1.87. The van der Waals surface area contributed by atoms with Gasteiger partial charge in [0.15, 0.2) is 0 Å². The number of carbonyl (C=O) groups excluding carboxylic acids is 1. The summed E-state index contributed by atoms with van der Waals surface area (Å²) in [4.78, 5) is 25.5. The van der Waals surface area contributed by atoms with Gasteiger partial charge in [-0.2, -0.15) is 5.10 Å². The number of carboxylic acid groups (broad SMARTS) is 1. The fourth-order valence-corrected chi connectivity index (χ4v) is 3.18. The number of carbonyl (C=O) groups is 2. The van der Waals surface area contributed by atoms with E-state index >= 15 is 0 Å². The third-order valence-electron chi connectivity index (χ3n) is 4.44. The molecule has 1 aromatic carbocycles. The maximum absolute atomic E-state index is 12.3. The van der Waals surface area contributed by atoms with Crippen molar-refractivity contribution in [2.75, 3.05) is 13.2 Å². The molecule has 0 spiro atoms. The summed E-state index contributed by atoms with van der Waals surface area (Å²) in [6.45, 7) is 2.63. The summed E-state index contributed by atoms with van der Waals surface area (Å²) in [7, 11) is 1.76. The fraction of sp³-hybridized carbons (Fsp3) is 0.389. The molecule has 2 atom stereocenters. The first-order valence-corrected chi connectivity index (χ1v) is 8.16. The van der Waals surface area contributed by atoms with Crippen LogP contribution in [0.2, 0.25) is 0 Å². The first-order chi connectivity index (χ1) is 12.0. The Labute approximate surface area is 145 Å². The minimum atomic E-state index is -0.968. The summed E-state index contributed by atoms with van der Waals surface area (Å²) < 4.78 is 7.30. The minimum Gasteiger partial charge on any atom is -0.492 e. The maximum Gasteiger partial charge on any atom is 0.309 e. The molecule has 0 unspecified atom stereocenters. The molecule has 132 valence electrons. The second-order valence-corrected chi connectivity index (χ2v) is 6.29. The van der Waals surface area contributed by atoms with Gasteiger partial charge < -0.3 is 14.7 Å². The van der Waals surface area contributed by atoms with E-state index in [2.05, 4.69) is 5.10 Å². The SMILES string of the molecule is Cc1ccc(OCCN2C(=O)C[C@H](C(=O)O)[C@@H]2c2cnn(C)c2)cc1. The zero-order chi connectivity index (χ0) is 18.0. The molecule has 0 aliphatic carbocycles. The number of rotatable bonds is 6. The van der Waals surface area contributed by atoms with E-state index < -0.39 is 17.9 Å². The van der Waals surface area contributed by atoms with Crippen LogP contribution in [0.1, 0.15) is 23.6 Å². The monoisotopic (exact) mass is 343 g/mol. The number of nitrogens with zero attached hydrogens (tertiary/aromatic N) is 3. The minimum absolute atomic E-state index is 0.000569. The zero-order valence-corrected chi connectivity index (χ0v) is 14.3. The fourth-order valence-electron chi connectivity index (χ4n) is 3.18. The van der Waals surface area contributed by atoms with Gasteiger partial charge in [0.1, 0.15) is 12.4 Å². The third kappa shape index (κ3) is 3.65. The molecule has 1 aliphatic heterocycles. The number of aryl methyl sites for hydroxylation is 2. The zero-order valence-electron chi connectivity index (χ0n) is 14.3. The van der Waals surface area contributed by atoms with Gasteiger partial charge >= 0.3 is 5.97 Å². The lowest BCUT2D eigenvalue weighted by Crippen LogP contribution is -2.33. The average Bonchev–Trinajstić information content (AvgIpc) is 3.13. The van der Waals surface area contributed by atoms with Gasteiger partial charge in [0.05, 0.1) is 24.7 Å². The van der Waals surface area contributed by atoms with Crippen molar-refractivity contribution in [3.8, 4) is 5.75 Å². The Hall–Kier alpha value is -2.83. The Balaban J connectivity index is 1.72. The van der Waals surface area contributed by atoms with Crippen LogP contribution in [0.15, 0.2) is 36.7 Å². The van der Waals surface area contributed by atoms with Crippen molar-refractivity contribution >= 4 is 11.9 Å². The molecule has 3 rings (SSSR count). The highest BCUT2D eigenvalue weighted by atomic mass is 16.5. The Kier molecular flexibility index (Phi) is 4.74. The average molecular weight is 343 g/mol. The van der Waals surface area contributed by atoms with Gasteiger partial charge in [-0.1, -0.05) is 17.7 Å². The number of amides is 1. The largest absolute Gasteiger partial charge is 0.492 e. The molecule has 0 saturated carbocycles. The number of benzene rings is 1. The number of aliphatic carboxylic acids is 1. The van der Waals surface area contributed by atoms with Crippen molar-refractivity contribution in [1.82, 2.24) is 14.7 Å². The quantitative estimate of drug-likeness (QED) is 0.864. The third-order valence-corrected chi connectivity index (χ3v) is 4.44. The molecule has 0 bridgehead atoms. The molecule has 1 N–H and O–H groups in total. The van der Waals surface area contributed by atoms with E-state index in [4.69, 9.17) is 4.74 Å². The van der Waals surface area contributed by atoms with E-state index in [0.717, 1.165) is 16.9 Å². The second-order valence-electron chi connectivity index (χ2n) is 6.29. The Bertz CT molecular complexity index is 769. The Morgan fingerprint density at radius 3 is 2.68 bits per heavy atom. The molecule has 2 aromatic rings. The number of ether oxygens (including phenoxy) is 1. The van der Waals surface area contributed by atoms with Gasteiger partial charge in [0.2, 0.25) is 5.91 Å². The van der Waals surface area contributed by atoms with Crippen LogP contribution in [0.4, 0.5) is 0 Å². The molecule has 1 amide bonds. The molecular weight excluding hydrogens is 322 g/mol. The van der Waals surface area contributed by atoms with Gasteiger partial charge in [0, 0.05) is 25.2 Å². The molecular formula is C18H21N3O4. The van der Waals surface area contributed by atoms with Gasteiger partial charge in [-0.3, -0.25) is 14.3 Å². The second kappa shape index (κ2) is 6.96. The smallest absolute Gasteiger partial charge is 0.309 e. The van der Waals surface area contributed by atoms with Gasteiger partial charge in [-0.25, -0.2) is 0 Å². The summed E-state index contributed by atoms with van der Waals surface area (Å²) in [5.74, 6) is -1.18. The van der Waals surface area contributed by atoms with E-state index in [1.54, 1.807) is 29.0 Å². The van der Waals surface area contributed by atoms with Crippen LogP contribution in [0.25, 0.3) is 0 Å². The van der Waals surface area contributed by atoms with E-state index in [1.807, 2.05) is 31.2 Å². The molecule has 1 aromatic heterocycles. The predicted molar refractivity (Wildman–Crippen MR) is 90.1 cm³/mol. The van der Waals surface area contributed by atoms with Crippen LogP contribution < -0.4 is 4.74 Å². The highest BCUT2D eigenvalue weighted by Gasteiger charge is 2.45. The number of aromatic nitrogens is 2. The first-order valence-electron chi connectivity index (χ1n) is 8.16. The van der Waals surface area contributed by atoms with E-state index in [-0.39, 0.29) is 12.3 Å². The first kappa shape index (κ1) is 17.0. The van der Waals surface area contributed by atoms with Crippen LogP contribution in [0.3, 0.4) is 0 Å². The molecule has 2 heterocycles. The molecule has 7 nitrogen and oxygen atoms in total. The summed E-state index contributed by atoms with van der Waals surface area (Å²) >= 11 is 0. The highest BCUT2D eigenvalue weighted by molar-refractivity contribution is 5.87.